The van der Waals surface area contributed by atoms with Crippen LogP contribution in [0.1, 0.15) is 86.3 Å². The van der Waals surface area contributed by atoms with Gasteiger partial charge in [0.1, 0.15) is 12.4 Å². The summed E-state index contributed by atoms with van der Waals surface area (Å²) in [6.07, 6.45) is 0.00635. The number of ether oxygens (including phenoxy) is 2. The second-order valence-corrected chi connectivity index (χ2v) is 19.0. The van der Waals surface area contributed by atoms with Gasteiger partial charge >= 0.3 is 6.09 Å². The molecule has 42 heavy (non-hydrogen) atoms. The highest BCUT2D eigenvalue weighted by Gasteiger charge is 2.67. The van der Waals surface area contributed by atoms with Gasteiger partial charge in [-0.3, -0.25) is 9.69 Å². The second-order valence-electron chi connectivity index (χ2n) is 13.5. The first-order valence-corrected chi connectivity index (χ1v) is 17.9. The van der Waals surface area contributed by atoms with Crippen LogP contribution in [0.2, 0.25) is 16.6 Å². The Bertz CT molecular complexity index is 1220. The van der Waals surface area contributed by atoms with Crippen LogP contribution >= 0.6 is 0 Å². The summed E-state index contributed by atoms with van der Waals surface area (Å²) in [5.74, 6) is 0.159. The molecule has 0 bridgehead atoms. The van der Waals surface area contributed by atoms with Gasteiger partial charge in [-0.05, 0) is 47.2 Å². The number of hydrogen-bond acceptors (Lipinski definition) is 5. The zero-order valence-corrected chi connectivity index (χ0v) is 28.1. The number of carbonyl (C=O) groups is 2. The van der Waals surface area contributed by atoms with Gasteiger partial charge < -0.3 is 13.9 Å². The van der Waals surface area contributed by atoms with Crippen molar-refractivity contribution in [3.63, 3.8) is 0 Å². The van der Waals surface area contributed by atoms with Crippen LogP contribution in [-0.4, -0.2) is 45.6 Å². The van der Waals surface area contributed by atoms with E-state index in [1.807, 2.05) is 55.5 Å². The minimum absolute atomic E-state index is 0.159. The Morgan fingerprint density at radius 3 is 2.14 bits per heavy atom. The number of carbonyl (C=O) groups excluding carboxylic acids is 2. The Labute approximate surface area is 254 Å². The van der Waals surface area contributed by atoms with E-state index in [1.165, 1.54) is 0 Å². The fourth-order valence-corrected chi connectivity index (χ4v) is 13.9. The number of fused-ring (bicyclic) bond motifs is 3. The van der Waals surface area contributed by atoms with Crippen molar-refractivity contribution < 1.29 is 23.5 Å². The first kappa shape index (κ1) is 32.4. The van der Waals surface area contributed by atoms with Gasteiger partial charge in [0.05, 0.1) is 17.8 Å². The third-order valence-corrected chi connectivity index (χ3v) is 16.4. The monoisotopic (exact) mass is 593 g/mol. The van der Waals surface area contributed by atoms with Gasteiger partial charge in [-0.1, -0.05) is 104 Å². The summed E-state index contributed by atoms with van der Waals surface area (Å²) in [6.45, 7) is 21.0. The maximum Gasteiger partial charge on any atom is 0.415 e. The number of para-hydroxylation sites is 1. The Hall–Kier alpha value is -2.48. The van der Waals surface area contributed by atoms with E-state index in [9.17, 15) is 9.59 Å². The van der Waals surface area contributed by atoms with Crippen LogP contribution in [0.4, 0.5) is 10.5 Å². The van der Waals surface area contributed by atoms with Gasteiger partial charge in [0.15, 0.2) is 8.32 Å². The maximum absolute atomic E-state index is 14.1. The average molecular weight is 594 g/mol. The summed E-state index contributed by atoms with van der Waals surface area (Å²) < 4.78 is 19.4. The Balaban J connectivity index is 1.80. The fourth-order valence-electron chi connectivity index (χ4n) is 8.43. The Kier molecular flexibility index (Phi) is 9.75. The zero-order chi connectivity index (χ0) is 30.9. The van der Waals surface area contributed by atoms with Crippen molar-refractivity contribution in [1.29, 1.82) is 0 Å². The summed E-state index contributed by atoms with van der Waals surface area (Å²) in [7, 11) is -2.16. The molecule has 1 heterocycles. The first-order valence-electron chi connectivity index (χ1n) is 15.7. The fraction of sp³-hybridized carbons (Fsp3) is 0.600. The molecule has 0 spiro atoms. The minimum atomic E-state index is -2.16. The molecule has 0 N–H and O–H groups in total. The molecule has 1 aliphatic carbocycles. The lowest BCUT2D eigenvalue weighted by Gasteiger charge is -2.55. The van der Waals surface area contributed by atoms with E-state index in [2.05, 4.69) is 61.5 Å². The molecular formula is C35H51NO5Si. The van der Waals surface area contributed by atoms with Gasteiger partial charge in [0, 0.05) is 30.5 Å². The molecule has 0 unspecified atom stereocenters. The minimum Gasteiger partial charge on any atom is -0.444 e. The van der Waals surface area contributed by atoms with E-state index in [-0.39, 0.29) is 18.8 Å². The average Bonchev–Trinajstić information content (AvgIpc) is 3.25. The van der Waals surface area contributed by atoms with Crippen molar-refractivity contribution in [2.24, 2.45) is 5.41 Å². The predicted molar refractivity (Wildman–Crippen MR) is 171 cm³/mol. The lowest BCUT2D eigenvalue weighted by atomic mass is 9.51. The quantitative estimate of drug-likeness (QED) is 0.245. The highest BCUT2D eigenvalue weighted by Crippen LogP contribution is 2.61. The third-order valence-electron chi connectivity index (χ3n) is 10.3. The molecule has 1 saturated carbocycles. The van der Waals surface area contributed by atoms with Crippen molar-refractivity contribution >= 4 is 25.9 Å². The van der Waals surface area contributed by atoms with Crippen molar-refractivity contribution in [2.45, 2.75) is 116 Å². The van der Waals surface area contributed by atoms with Crippen molar-refractivity contribution in [3.05, 3.63) is 65.7 Å². The van der Waals surface area contributed by atoms with Crippen molar-refractivity contribution in [3.8, 4) is 0 Å². The topological polar surface area (TPSA) is 65.1 Å². The van der Waals surface area contributed by atoms with E-state index < -0.39 is 37.4 Å². The lowest BCUT2D eigenvalue weighted by Crippen LogP contribution is -2.67. The Morgan fingerprint density at radius 1 is 0.952 bits per heavy atom. The molecule has 0 radical (unpaired) electrons. The molecular weight excluding hydrogens is 542 g/mol. The number of hydrogen-bond donors (Lipinski definition) is 0. The molecule has 0 aromatic heterocycles. The smallest absolute Gasteiger partial charge is 0.415 e. The van der Waals surface area contributed by atoms with Crippen molar-refractivity contribution in [2.75, 3.05) is 18.1 Å². The number of rotatable bonds is 11. The molecule has 1 fully saturated rings. The molecule has 2 aromatic carbocycles. The number of amides is 1. The van der Waals surface area contributed by atoms with Crippen molar-refractivity contribution in [1.82, 2.24) is 0 Å². The number of nitrogens with zero attached hydrogens (tertiary/aromatic N) is 1. The summed E-state index contributed by atoms with van der Waals surface area (Å²) in [6, 6.07) is 17.4. The molecule has 3 atom stereocenters. The summed E-state index contributed by atoms with van der Waals surface area (Å²) >= 11 is 0. The second kappa shape index (κ2) is 12.6. The van der Waals surface area contributed by atoms with E-state index in [4.69, 9.17) is 13.9 Å². The van der Waals surface area contributed by atoms with Gasteiger partial charge in [-0.25, -0.2) is 4.79 Å². The molecule has 1 amide bonds. The van der Waals surface area contributed by atoms with Gasteiger partial charge in [0.25, 0.3) is 0 Å². The van der Waals surface area contributed by atoms with Crippen LogP contribution in [-0.2, 0) is 30.7 Å². The number of anilines is 1. The van der Waals surface area contributed by atoms with Crippen LogP contribution in [0.15, 0.2) is 54.6 Å². The van der Waals surface area contributed by atoms with Crippen LogP contribution in [0, 0.1) is 5.41 Å². The van der Waals surface area contributed by atoms with Crippen LogP contribution in [0.25, 0.3) is 0 Å². The molecule has 230 valence electrons. The van der Waals surface area contributed by atoms with Gasteiger partial charge in [-0.15, -0.1) is 0 Å². The van der Waals surface area contributed by atoms with Crippen LogP contribution in [0.3, 0.4) is 0 Å². The van der Waals surface area contributed by atoms with Crippen LogP contribution < -0.4 is 4.90 Å². The van der Waals surface area contributed by atoms with E-state index in [0.29, 0.717) is 36.3 Å². The molecule has 2 aromatic rings. The zero-order valence-electron chi connectivity index (χ0n) is 27.1. The largest absolute Gasteiger partial charge is 0.444 e. The predicted octanol–water partition coefficient (Wildman–Crippen LogP) is 8.44. The molecule has 1 aliphatic heterocycles. The number of benzene rings is 2. The highest BCUT2D eigenvalue weighted by molar-refractivity contribution is 6.77. The normalized spacial score (nSPS) is 23.4. The SMILES string of the molecule is CCO[C@@H]1CC(=O)C(C)(C)[C@@]2(CCO[Si](C(C)C)(C(C)C)C(C)C)c3ccccc3N(C(=O)OCc3ccccc3)[C@@H]12. The third kappa shape index (κ3) is 5.26. The molecule has 0 saturated heterocycles. The molecule has 2 aliphatic rings. The summed E-state index contributed by atoms with van der Waals surface area (Å²) in [5.41, 5.74) is 2.62. The highest BCUT2D eigenvalue weighted by atomic mass is 28.4. The Morgan fingerprint density at radius 2 is 1.55 bits per heavy atom. The lowest BCUT2D eigenvalue weighted by molar-refractivity contribution is -0.144. The first-order chi connectivity index (χ1) is 19.9. The molecule has 6 nitrogen and oxygen atoms in total. The molecule has 7 heteroatoms. The molecule has 4 rings (SSSR count). The van der Waals surface area contributed by atoms with Crippen LogP contribution in [0.5, 0.6) is 0 Å². The van der Waals surface area contributed by atoms with E-state index in [1.54, 1.807) is 4.90 Å². The number of Topliss-reactive ketones (excluding diaryl/α,β-unsaturated/α-hetero) is 1. The standard InChI is InChI=1S/C35H51NO5Si/c1-10-39-30-22-31(37)34(8,9)35(20-21-41-42(24(2)3,25(4)5)26(6)7)28-18-14-15-19-29(28)36(32(30)35)33(38)40-23-27-16-12-11-13-17-27/h11-19,24-26,30,32H,10,20-23H2,1-9H3/t30-,32+,35+/m1/s1. The van der Waals surface area contributed by atoms with Gasteiger partial charge in [-0.2, -0.15) is 0 Å². The summed E-state index contributed by atoms with van der Waals surface area (Å²) in [5, 5.41) is 0. The van der Waals surface area contributed by atoms with E-state index in [0.717, 1.165) is 16.8 Å². The summed E-state index contributed by atoms with van der Waals surface area (Å²) in [4.78, 5) is 29.8. The number of ketones is 1. The van der Waals surface area contributed by atoms with E-state index >= 15 is 0 Å². The maximum atomic E-state index is 14.1. The van der Waals surface area contributed by atoms with Gasteiger partial charge in [0.2, 0.25) is 0 Å².